The van der Waals surface area contributed by atoms with Crippen LogP contribution in [-0.4, -0.2) is 52.5 Å². The van der Waals surface area contributed by atoms with Crippen LogP contribution in [-0.2, 0) is 9.53 Å². The van der Waals surface area contributed by atoms with E-state index < -0.39 is 59.3 Å². The number of halogens is 9. The van der Waals surface area contributed by atoms with Gasteiger partial charge in [-0.1, -0.05) is 30.3 Å². The Balaban J connectivity index is 2.75. The molecule has 180 valence electrons. The van der Waals surface area contributed by atoms with Crippen LogP contribution in [0.15, 0.2) is 30.3 Å². The number of esters is 1. The second-order valence-electron chi connectivity index (χ2n) is 6.70. The molecule has 0 aliphatic carbocycles. The van der Waals surface area contributed by atoms with Gasteiger partial charge in [-0.25, -0.2) is 0 Å². The van der Waals surface area contributed by atoms with Crippen LogP contribution < -0.4 is 10.6 Å². The molecule has 0 unspecified atom stereocenters. The van der Waals surface area contributed by atoms with E-state index in [1.807, 2.05) is 0 Å². The molecule has 1 fully saturated rings. The normalized spacial score (nSPS) is 25.0. The molecular weight excluding hydrogens is 483 g/mol. The summed E-state index contributed by atoms with van der Waals surface area (Å²) >= 11 is 4.57. The predicted octanol–water partition coefficient (Wildman–Crippen LogP) is 3.54. The van der Waals surface area contributed by atoms with E-state index in [9.17, 15) is 49.4 Å². The molecule has 1 aromatic carbocycles. The van der Waals surface area contributed by atoms with Gasteiger partial charge >= 0.3 is 29.9 Å². The van der Waals surface area contributed by atoms with E-state index in [1.54, 1.807) is 0 Å². The largest absolute Gasteiger partial charge is 0.466 e. The molecule has 1 saturated heterocycles. The lowest BCUT2D eigenvalue weighted by atomic mass is 9.76. The quantitative estimate of drug-likeness (QED) is 0.317. The van der Waals surface area contributed by atoms with Gasteiger partial charge < -0.3 is 20.5 Å². The van der Waals surface area contributed by atoms with E-state index in [0.717, 1.165) is 0 Å². The monoisotopic (exact) mass is 498 g/mol. The Labute approximate surface area is 179 Å². The van der Waals surface area contributed by atoms with E-state index in [0.29, 0.717) is 0 Å². The van der Waals surface area contributed by atoms with Crippen molar-refractivity contribution in [3.8, 4) is 0 Å². The molecule has 3 N–H and O–H groups in total. The van der Waals surface area contributed by atoms with Crippen molar-refractivity contribution < 1.29 is 54.2 Å². The van der Waals surface area contributed by atoms with Gasteiger partial charge in [0.25, 0.3) is 0 Å². The molecule has 0 saturated carbocycles. The van der Waals surface area contributed by atoms with Crippen molar-refractivity contribution in [1.82, 2.24) is 10.6 Å². The topological polar surface area (TPSA) is 70.6 Å². The van der Waals surface area contributed by atoms with Crippen LogP contribution in [0.25, 0.3) is 0 Å². The summed E-state index contributed by atoms with van der Waals surface area (Å²) in [4.78, 5) is 12.4. The molecule has 1 aliphatic heterocycles. The van der Waals surface area contributed by atoms with Gasteiger partial charge in [0.15, 0.2) is 5.11 Å². The number of hydrogen-bond donors (Lipinski definition) is 3. The van der Waals surface area contributed by atoms with Crippen LogP contribution >= 0.6 is 12.2 Å². The zero-order chi connectivity index (χ0) is 24.8. The molecule has 5 nitrogen and oxygen atoms in total. The first-order valence-corrected chi connectivity index (χ1v) is 9.09. The Morgan fingerprint density at radius 1 is 1.06 bits per heavy atom. The van der Waals surface area contributed by atoms with Gasteiger partial charge in [0.05, 0.1) is 12.6 Å². The fourth-order valence-electron chi connectivity index (χ4n) is 3.12. The van der Waals surface area contributed by atoms with E-state index in [-0.39, 0.29) is 5.56 Å². The van der Waals surface area contributed by atoms with Crippen molar-refractivity contribution in [3.63, 3.8) is 0 Å². The van der Waals surface area contributed by atoms with E-state index in [2.05, 4.69) is 22.3 Å². The number of aliphatic hydroxyl groups is 1. The molecule has 0 bridgehead atoms. The lowest BCUT2D eigenvalue weighted by Gasteiger charge is -2.50. The van der Waals surface area contributed by atoms with Gasteiger partial charge in [0.2, 0.25) is 5.72 Å². The molecule has 1 heterocycles. The number of ether oxygens (including phenoxy) is 1. The van der Waals surface area contributed by atoms with E-state index in [4.69, 9.17) is 0 Å². The van der Waals surface area contributed by atoms with Gasteiger partial charge in [-0.05, 0) is 24.7 Å². The number of rotatable bonds is 6. The minimum absolute atomic E-state index is 0.116. The fraction of sp³-hybridized carbons (Fsp3) is 0.529. The second kappa shape index (κ2) is 8.24. The van der Waals surface area contributed by atoms with Gasteiger partial charge in [-0.15, -0.1) is 0 Å². The summed E-state index contributed by atoms with van der Waals surface area (Å²) in [5.41, 5.74) is -4.84. The minimum Gasteiger partial charge on any atom is -0.466 e. The van der Waals surface area contributed by atoms with Crippen LogP contribution in [0.5, 0.6) is 0 Å². The molecule has 3 atom stereocenters. The Bertz CT molecular complexity index is 867. The highest BCUT2D eigenvalue weighted by molar-refractivity contribution is 7.80. The summed E-state index contributed by atoms with van der Waals surface area (Å²) in [6.45, 7) is 0.644. The SMILES string of the molecule is CCOC(=O)[C@@H]1[C@H](c2ccccc2)NC(=S)N[C@@]1(O)C(F)(F)C(F)(F)C(F)(F)C(F)(F)F. The van der Waals surface area contributed by atoms with Crippen LogP contribution in [0, 0.1) is 5.92 Å². The summed E-state index contributed by atoms with van der Waals surface area (Å²) < 4.78 is 127. The van der Waals surface area contributed by atoms with Gasteiger partial charge in [-0.3, -0.25) is 4.79 Å². The summed E-state index contributed by atoms with van der Waals surface area (Å²) in [7, 11) is 0. The van der Waals surface area contributed by atoms with Crippen LogP contribution in [0.4, 0.5) is 39.5 Å². The number of benzene rings is 1. The number of alkyl halides is 9. The highest BCUT2D eigenvalue weighted by Gasteiger charge is 2.87. The van der Waals surface area contributed by atoms with Crippen LogP contribution in [0.3, 0.4) is 0 Å². The van der Waals surface area contributed by atoms with Crippen molar-refractivity contribution in [2.45, 2.75) is 42.6 Å². The van der Waals surface area contributed by atoms with E-state index >= 15 is 0 Å². The predicted molar refractivity (Wildman–Crippen MR) is 94.0 cm³/mol. The molecule has 32 heavy (non-hydrogen) atoms. The molecule has 0 amide bonds. The zero-order valence-corrected chi connectivity index (χ0v) is 16.6. The lowest BCUT2D eigenvalue weighted by molar-refractivity contribution is -0.422. The summed E-state index contributed by atoms with van der Waals surface area (Å²) in [6.07, 6.45) is -7.12. The van der Waals surface area contributed by atoms with Crippen molar-refractivity contribution in [3.05, 3.63) is 35.9 Å². The number of carbonyl (C=O) groups is 1. The number of thiocarbonyl (C=S) groups is 1. The van der Waals surface area contributed by atoms with Crippen molar-refractivity contribution >= 4 is 23.3 Å². The number of carbonyl (C=O) groups excluding carboxylic acids is 1. The Morgan fingerprint density at radius 2 is 1.59 bits per heavy atom. The van der Waals surface area contributed by atoms with Gasteiger partial charge in [0, 0.05) is 0 Å². The summed E-state index contributed by atoms with van der Waals surface area (Å²) in [5.74, 6) is -25.8. The van der Waals surface area contributed by atoms with E-state index in [1.165, 1.54) is 42.6 Å². The van der Waals surface area contributed by atoms with Gasteiger partial charge in [-0.2, -0.15) is 39.5 Å². The molecule has 0 spiro atoms. The molecule has 15 heteroatoms. The molecule has 1 aliphatic rings. The van der Waals surface area contributed by atoms with Crippen molar-refractivity contribution in [1.29, 1.82) is 0 Å². The first-order chi connectivity index (χ1) is 14.5. The number of nitrogens with one attached hydrogen (secondary N) is 2. The average Bonchev–Trinajstić information content (AvgIpc) is 2.66. The molecule has 2 rings (SSSR count). The lowest BCUT2D eigenvalue weighted by Crippen LogP contribution is -2.80. The maximum Gasteiger partial charge on any atom is 0.460 e. The summed E-state index contributed by atoms with van der Waals surface area (Å²) in [5, 5.41) is 13.0. The second-order valence-corrected chi connectivity index (χ2v) is 7.11. The average molecular weight is 498 g/mol. The minimum atomic E-state index is -7.30. The standard InChI is InChI=1S/C17H15F9N2O3S/c1-2-31-11(29)9-10(8-6-4-3-5-7-8)27-12(32)28-13(9,30)14(18,19)15(20,21)16(22,23)17(24,25)26/h3-7,9-10,30H,2H2,1H3,(H2,27,28,32)/t9-,10-,13-/m0/s1. The highest BCUT2D eigenvalue weighted by Crippen LogP contribution is 2.58. The van der Waals surface area contributed by atoms with Crippen LogP contribution in [0.2, 0.25) is 0 Å². The van der Waals surface area contributed by atoms with Crippen molar-refractivity contribution in [2.24, 2.45) is 5.92 Å². The molecule has 1 aromatic rings. The Morgan fingerprint density at radius 3 is 2.06 bits per heavy atom. The van der Waals surface area contributed by atoms with Gasteiger partial charge in [0.1, 0.15) is 5.92 Å². The summed E-state index contributed by atoms with van der Waals surface area (Å²) in [6, 6.07) is 4.55. The first-order valence-electron chi connectivity index (χ1n) is 8.68. The third-order valence-corrected chi connectivity index (χ3v) is 4.92. The molecular formula is C17H15F9N2O3S. The zero-order valence-electron chi connectivity index (χ0n) is 15.8. The Hall–Kier alpha value is -2.29. The van der Waals surface area contributed by atoms with Crippen molar-refractivity contribution in [2.75, 3.05) is 6.61 Å². The Kier molecular flexibility index (Phi) is 6.69. The maximum absolute atomic E-state index is 14.9. The van der Waals surface area contributed by atoms with Crippen LogP contribution in [0.1, 0.15) is 18.5 Å². The highest BCUT2D eigenvalue weighted by atomic mass is 32.1. The maximum atomic E-state index is 14.9. The first kappa shape index (κ1) is 26.0. The molecule has 0 aromatic heterocycles. The third kappa shape index (κ3) is 3.84. The number of hydrogen-bond acceptors (Lipinski definition) is 4. The molecule has 0 radical (unpaired) electrons. The third-order valence-electron chi connectivity index (χ3n) is 4.70. The smallest absolute Gasteiger partial charge is 0.460 e. The fourth-order valence-corrected chi connectivity index (χ4v) is 3.40.